The van der Waals surface area contributed by atoms with Crippen LogP contribution in [0.4, 0.5) is 0 Å². The highest BCUT2D eigenvalue weighted by molar-refractivity contribution is 7.90. The summed E-state index contributed by atoms with van der Waals surface area (Å²) in [6.07, 6.45) is 9.56. The number of sulfonamides is 1. The third-order valence-corrected chi connectivity index (χ3v) is 6.06. The summed E-state index contributed by atoms with van der Waals surface area (Å²) in [6, 6.07) is 6.18. The number of allylic oxidation sites excluding steroid dienone is 1. The molecule has 1 aliphatic carbocycles. The maximum Gasteiger partial charge on any atom is 0.264 e. The minimum Gasteiger partial charge on any atom is -0.494 e. The van der Waals surface area contributed by atoms with E-state index in [9.17, 15) is 13.2 Å². The van der Waals surface area contributed by atoms with Crippen LogP contribution in [0.1, 0.15) is 38.5 Å². The number of nitrogens with one attached hydrogen (secondary N) is 1. The largest absolute Gasteiger partial charge is 0.494 e. The highest BCUT2D eigenvalue weighted by atomic mass is 32.2. The number of ether oxygens (including phenoxy) is 1. The van der Waals surface area contributed by atoms with Gasteiger partial charge in [-0.15, -0.1) is 0 Å². The molecule has 1 aliphatic heterocycles. The molecule has 1 saturated carbocycles. The number of hydrogen-bond acceptors (Lipinski definition) is 5. The van der Waals surface area contributed by atoms with E-state index in [1.54, 1.807) is 12.1 Å². The van der Waals surface area contributed by atoms with Gasteiger partial charge in [0.15, 0.2) is 0 Å². The minimum absolute atomic E-state index is 0.000918. The molecule has 136 valence electrons. The van der Waals surface area contributed by atoms with Crippen LogP contribution in [0.2, 0.25) is 0 Å². The fraction of sp³-hybridized carbons (Fsp3) is 0.500. The van der Waals surface area contributed by atoms with Gasteiger partial charge in [-0.1, -0.05) is 31.1 Å². The summed E-state index contributed by atoms with van der Waals surface area (Å²) in [5.74, 6) is -0.279. The van der Waals surface area contributed by atoms with Crippen molar-refractivity contribution < 1.29 is 17.9 Å². The molecule has 2 aliphatic rings. The van der Waals surface area contributed by atoms with Crippen molar-refractivity contribution >= 4 is 15.9 Å². The average molecular weight is 364 g/mol. The molecule has 0 unspecified atom stereocenters. The third kappa shape index (κ3) is 4.22. The second-order valence-electron chi connectivity index (χ2n) is 6.74. The van der Waals surface area contributed by atoms with E-state index in [-0.39, 0.29) is 10.8 Å². The first-order chi connectivity index (χ1) is 11.9. The lowest BCUT2D eigenvalue weighted by Crippen LogP contribution is -2.46. The van der Waals surface area contributed by atoms with Gasteiger partial charge in [0.05, 0.1) is 11.5 Å². The number of benzene rings is 1. The standard InChI is InChI=1S/C18H24N2O4S/c19-18-13-14(18)8-5-3-1-2-4-6-11-24-15-9-7-10-16(12-15)25(22,23)20-17(18)21/h5,7-10,12,14H,1-4,6,11,13,19H2,(H,20,21)/b8-5+/t14-,18-/m1/s1. The fourth-order valence-electron chi connectivity index (χ4n) is 2.98. The first-order valence-electron chi connectivity index (χ1n) is 8.67. The second kappa shape index (κ2) is 7.17. The van der Waals surface area contributed by atoms with Crippen molar-refractivity contribution in [3.8, 4) is 5.75 Å². The summed E-state index contributed by atoms with van der Waals surface area (Å²) < 4.78 is 32.7. The first kappa shape index (κ1) is 17.9. The number of carbonyl (C=O) groups excluding carboxylic acids is 1. The molecular formula is C18H24N2O4S. The van der Waals surface area contributed by atoms with Crippen LogP contribution in [0.25, 0.3) is 0 Å². The van der Waals surface area contributed by atoms with Crippen molar-refractivity contribution in [2.45, 2.75) is 49.0 Å². The number of nitrogens with two attached hydrogens (primary N) is 1. The predicted molar refractivity (Wildman–Crippen MR) is 94.5 cm³/mol. The Morgan fingerprint density at radius 1 is 1.20 bits per heavy atom. The van der Waals surface area contributed by atoms with Gasteiger partial charge < -0.3 is 10.5 Å². The molecule has 1 heterocycles. The van der Waals surface area contributed by atoms with Crippen LogP contribution in [0.15, 0.2) is 41.3 Å². The molecule has 0 spiro atoms. The number of rotatable bonds is 0. The molecule has 1 aromatic carbocycles. The van der Waals surface area contributed by atoms with Crippen LogP contribution in [0, 0.1) is 5.92 Å². The zero-order valence-corrected chi connectivity index (χ0v) is 14.9. The van der Waals surface area contributed by atoms with E-state index in [1.165, 1.54) is 12.1 Å². The van der Waals surface area contributed by atoms with Gasteiger partial charge in [-0.25, -0.2) is 13.1 Å². The van der Waals surface area contributed by atoms with Gasteiger partial charge in [0.25, 0.3) is 15.9 Å². The van der Waals surface area contributed by atoms with E-state index < -0.39 is 21.5 Å². The maximum atomic E-state index is 12.5. The Hall–Kier alpha value is -1.86. The van der Waals surface area contributed by atoms with E-state index >= 15 is 0 Å². The summed E-state index contributed by atoms with van der Waals surface area (Å²) in [5.41, 5.74) is 4.94. The lowest BCUT2D eigenvalue weighted by Gasteiger charge is -2.13. The van der Waals surface area contributed by atoms with Crippen molar-refractivity contribution in [3.63, 3.8) is 0 Å². The van der Waals surface area contributed by atoms with Gasteiger partial charge >= 0.3 is 0 Å². The molecule has 1 fully saturated rings. The first-order valence-corrected chi connectivity index (χ1v) is 10.2. The van der Waals surface area contributed by atoms with Gasteiger partial charge in [-0.3, -0.25) is 4.79 Å². The van der Waals surface area contributed by atoms with Gasteiger partial charge in [0, 0.05) is 12.0 Å². The van der Waals surface area contributed by atoms with Gasteiger partial charge in [0.2, 0.25) is 0 Å². The molecule has 1 amide bonds. The quantitative estimate of drug-likeness (QED) is 0.687. The van der Waals surface area contributed by atoms with Crippen molar-refractivity contribution in [1.82, 2.24) is 4.72 Å². The smallest absolute Gasteiger partial charge is 0.264 e. The minimum atomic E-state index is -3.97. The Balaban J connectivity index is 1.82. The zero-order valence-electron chi connectivity index (χ0n) is 14.1. The molecule has 7 heteroatoms. The normalized spacial score (nSPS) is 30.9. The Kier molecular flexibility index (Phi) is 5.15. The zero-order chi connectivity index (χ0) is 17.9. The van der Waals surface area contributed by atoms with Crippen molar-refractivity contribution in [2.24, 2.45) is 11.7 Å². The Labute approximate surface area is 148 Å². The van der Waals surface area contributed by atoms with Crippen molar-refractivity contribution in [2.75, 3.05) is 6.61 Å². The number of carbonyl (C=O) groups is 1. The highest BCUT2D eigenvalue weighted by Gasteiger charge is 2.56. The molecule has 25 heavy (non-hydrogen) atoms. The van der Waals surface area contributed by atoms with Crippen molar-refractivity contribution in [3.05, 3.63) is 36.4 Å². The van der Waals surface area contributed by atoms with Crippen LogP contribution in [0.5, 0.6) is 5.75 Å². The van der Waals surface area contributed by atoms with Gasteiger partial charge in [-0.05, 0) is 37.8 Å². The van der Waals surface area contributed by atoms with Gasteiger partial charge in [0.1, 0.15) is 11.3 Å². The molecule has 0 aromatic heterocycles. The van der Waals surface area contributed by atoms with Crippen molar-refractivity contribution in [1.29, 1.82) is 0 Å². The second-order valence-corrected chi connectivity index (χ2v) is 8.42. The lowest BCUT2D eigenvalue weighted by atomic mass is 10.1. The number of amides is 1. The van der Waals surface area contributed by atoms with E-state index in [0.717, 1.165) is 32.1 Å². The van der Waals surface area contributed by atoms with E-state index in [1.807, 2.05) is 12.2 Å². The summed E-state index contributed by atoms with van der Waals surface area (Å²) >= 11 is 0. The molecule has 0 saturated heterocycles. The molecular weight excluding hydrogens is 340 g/mol. The molecule has 3 N–H and O–H groups in total. The Morgan fingerprint density at radius 3 is 2.84 bits per heavy atom. The number of hydrogen-bond donors (Lipinski definition) is 2. The third-order valence-electron chi connectivity index (χ3n) is 4.73. The van der Waals surface area contributed by atoms with Crippen LogP contribution in [-0.2, 0) is 14.8 Å². The molecule has 2 bridgehead atoms. The molecule has 1 aromatic rings. The van der Waals surface area contributed by atoms with E-state index in [2.05, 4.69) is 4.72 Å². The molecule has 6 nitrogen and oxygen atoms in total. The average Bonchev–Trinajstić information content (AvgIpc) is 3.24. The predicted octanol–water partition coefficient (Wildman–Crippen LogP) is 2.11. The monoisotopic (exact) mass is 364 g/mol. The highest BCUT2D eigenvalue weighted by Crippen LogP contribution is 2.42. The molecule has 3 rings (SSSR count). The summed E-state index contributed by atoms with van der Waals surface area (Å²) in [4.78, 5) is 12.4. The summed E-state index contributed by atoms with van der Waals surface area (Å²) in [6.45, 7) is 0.541. The van der Waals surface area contributed by atoms with Crippen LogP contribution in [-0.4, -0.2) is 26.5 Å². The fourth-order valence-corrected chi connectivity index (χ4v) is 4.06. The molecule has 2 atom stereocenters. The van der Waals surface area contributed by atoms with E-state index in [4.69, 9.17) is 10.5 Å². The molecule has 0 radical (unpaired) electrons. The lowest BCUT2D eigenvalue weighted by molar-refractivity contribution is -0.121. The Morgan fingerprint density at radius 2 is 2.00 bits per heavy atom. The van der Waals surface area contributed by atoms with Gasteiger partial charge in [-0.2, -0.15) is 0 Å². The van der Waals surface area contributed by atoms with E-state index in [0.29, 0.717) is 18.8 Å². The van der Waals surface area contributed by atoms with Crippen LogP contribution < -0.4 is 15.2 Å². The van der Waals surface area contributed by atoms with Crippen LogP contribution in [0.3, 0.4) is 0 Å². The van der Waals surface area contributed by atoms with Crippen LogP contribution >= 0.6 is 0 Å². The number of fused-ring (bicyclic) bond motifs is 3. The summed E-state index contributed by atoms with van der Waals surface area (Å²) in [7, 11) is -3.97. The Bertz CT molecular complexity index is 775. The topological polar surface area (TPSA) is 98.5 Å². The summed E-state index contributed by atoms with van der Waals surface area (Å²) in [5, 5.41) is 0. The maximum absolute atomic E-state index is 12.5. The SMILES string of the molecule is N[C@]12C[C@H]1/C=C/CCCCCCOc1cccc(c1)S(=O)(=O)NC2=O.